The Morgan fingerprint density at radius 2 is 2.13 bits per heavy atom. The van der Waals surface area contributed by atoms with E-state index in [9.17, 15) is 5.11 Å². The van der Waals surface area contributed by atoms with Crippen molar-refractivity contribution in [1.82, 2.24) is 10.3 Å². The fraction of sp³-hybridized carbons (Fsp3) is 0.727. The summed E-state index contributed by atoms with van der Waals surface area (Å²) in [5.41, 5.74) is 1.09. The molecule has 0 saturated carbocycles. The third-order valence-electron chi connectivity index (χ3n) is 2.31. The van der Waals surface area contributed by atoms with Crippen molar-refractivity contribution in [2.24, 2.45) is 0 Å². The van der Waals surface area contributed by atoms with Gasteiger partial charge in [-0.1, -0.05) is 0 Å². The molecule has 3 atom stereocenters. The molecule has 3 unspecified atom stereocenters. The number of aryl methyl sites for hydroxylation is 1. The summed E-state index contributed by atoms with van der Waals surface area (Å²) in [6.45, 7) is 8.02. The Hall–Kier alpha value is -0.450. The van der Waals surface area contributed by atoms with Gasteiger partial charge < -0.3 is 10.4 Å². The van der Waals surface area contributed by atoms with E-state index in [-0.39, 0.29) is 12.1 Å². The van der Waals surface area contributed by atoms with Crippen LogP contribution in [0.4, 0.5) is 0 Å². The lowest BCUT2D eigenvalue weighted by molar-refractivity contribution is 0.168. The molecule has 1 rings (SSSR count). The topological polar surface area (TPSA) is 45.2 Å². The molecule has 0 aromatic carbocycles. The minimum Gasteiger partial charge on any atom is -0.393 e. The Balaban J connectivity index is 2.45. The summed E-state index contributed by atoms with van der Waals surface area (Å²) in [6.07, 6.45) is 0.518. The molecule has 0 aliphatic carbocycles. The van der Waals surface area contributed by atoms with Gasteiger partial charge in [-0.05, 0) is 34.1 Å². The number of aliphatic hydroxyl groups excluding tert-OH is 1. The molecule has 0 amide bonds. The highest BCUT2D eigenvalue weighted by Gasteiger charge is 2.13. The third kappa shape index (κ3) is 4.28. The van der Waals surface area contributed by atoms with Crippen LogP contribution in [-0.2, 0) is 0 Å². The summed E-state index contributed by atoms with van der Waals surface area (Å²) >= 11 is 1.67. The molecule has 4 heteroatoms. The fourth-order valence-corrected chi connectivity index (χ4v) is 2.38. The van der Waals surface area contributed by atoms with Gasteiger partial charge in [-0.2, -0.15) is 0 Å². The van der Waals surface area contributed by atoms with Gasteiger partial charge in [0, 0.05) is 17.5 Å². The first kappa shape index (κ1) is 12.6. The van der Waals surface area contributed by atoms with Crippen LogP contribution in [0.1, 0.15) is 43.9 Å². The number of rotatable bonds is 5. The van der Waals surface area contributed by atoms with Gasteiger partial charge in [-0.15, -0.1) is 11.3 Å². The van der Waals surface area contributed by atoms with Gasteiger partial charge in [0.1, 0.15) is 0 Å². The Kier molecular flexibility index (Phi) is 4.70. The maximum Gasteiger partial charge on any atom is 0.0898 e. The Morgan fingerprint density at radius 1 is 1.47 bits per heavy atom. The van der Waals surface area contributed by atoms with Crippen molar-refractivity contribution in [3.63, 3.8) is 0 Å². The van der Waals surface area contributed by atoms with Crippen LogP contribution in [0.25, 0.3) is 0 Å². The molecule has 0 saturated heterocycles. The molecule has 15 heavy (non-hydrogen) atoms. The van der Waals surface area contributed by atoms with E-state index in [2.05, 4.69) is 29.5 Å². The SMILES string of the molecule is Cc1nc(C(C)NC(C)CC(C)O)cs1. The van der Waals surface area contributed by atoms with E-state index < -0.39 is 0 Å². The third-order valence-corrected chi connectivity index (χ3v) is 3.10. The minimum absolute atomic E-state index is 0.253. The van der Waals surface area contributed by atoms with Crippen molar-refractivity contribution in [3.05, 3.63) is 16.1 Å². The van der Waals surface area contributed by atoms with E-state index in [1.165, 1.54) is 0 Å². The number of aliphatic hydroxyl groups is 1. The molecule has 1 aromatic rings. The summed E-state index contributed by atoms with van der Waals surface area (Å²) in [5, 5.41) is 15.9. The molecule has 2 N–H and O–H groups in total. The molecular weight excluding hydrogens is 208 g/mol. The number of hydrogen-bond donors (Lipinski definition) is 2. The van der Waals surface area contributed by atoms with Crippen molar-refractivity contribution in [3.8, 4) is 0 Å². The number of nitrogens with one attached hydrogen (secondary N) is 1. The number of aromatic nitrogens is 1. The van der Waals surface area contributed by atoms with Gasteiger partial charge in [0.15, 0.2) is 0 Å². The molecular formula is C11H20N2OS. The smallest absolute Gasteiger partial charge is 0.0898 e. The van der Waals surface area contributed by atoms with Crippen LogP contribution in [0.3, 0.4) is 0 Å². The van der Waals surface area contributed by atoms with Crippen LogP contribution in [-0.4, -0.2) is 22.2 Å². The van der Waals surface area contributed by atoms with Crippen LogP contribution in [0, 0.1) is 6.92 Å². The highest BCUT2D eigenvalue weighted by atomic mass is 32.1. The zero-order valence-electron chi connectivity index (χ0n) is 9.82. The molecule has 0 spiro atoms. The van der Waals surface area contributed by atoms with E-state index in [1.54, 1.807) is 11.3 Å². The zero-order chi connectivity index (χ0) is 11.4. The van der Waals surface area contributed by atoms with E-state index in [1.807, 2.05) is 13.8 Å². The summed E-state index contributed by atoms with van der Waals surface area (Å²) < 4.78 is 0. The summed E-state index contributed by atoms with van der Waals surface area (Å²) in [4.78, 5) is 4.44. The standard InChI is InChI=1S/C11H20N2OS/c1-7(5-8(2)14)12-9(3)11-6-15-10(4)13-11/h6-9,12,14H,5H2,1-4H3. The molecule has 1 aromatic heterocycles. The minimum atomic E-state index is -0.253. The van der Waals surface area contributed by atoms with Crippen LogP contribution in [0.2, 0.25) is 0 Å². The highest BCUT2D eigenvalue weighted by Crippen LogP contribution is 2.16. The maximum atomic E-state index is 9.26. The average Bonchev–Trinajstić information content (AvgIpc) is 2.49. The lowest BCUT2D eigenvalue weighted by atomic mass is 10.1. The van der Waals surface area contributed by atoms with Gasteiger partial charge in [0.25, 0.3) is 0 Å². The zero-order valence-corrected chi connectivity index (χ0v) is 10.6. The predicted octanol–water partition coefficient (Wildman–Crippen LogP) is 2.26. The normalized spacial score (nSPS) is 17.4. The van der Waals surface area contributed by atoms with Gasteiger partial charge in [-0.3, -0.25) is 0 Å². The predicted molar refractivity (Wildman–Crippen MR) is 64.2 cm³/mol. The second-order valence-electron chi connectivity index (χ2n) is 4.17. The van der Waals surface area contributed by atoms with E-state index in [0.29, 0.717) is 6.04 Å². The molecule has 0 aliphatic heterocycles. The molecule has 1 heterocycles. The molecule has 0 radical (unpaired) electrons. The summed E-state index contributed by atoms with van der Waals surface area (Å²) in [6, 6.07) is 0.561. The van der Waals surface area contributed by atoms with Gasteiger partial charge >= 0.3 is 0 Å². The molecule has 86 valence electrons. The molecule has 0 fully saturated rings. The Bertz CT molecular complexity index is 299. The first-order valence-electron chi connectivity index (χ1n) is 5.35. The van der Waals surface area contributed by atoms with Gasteiger partial charge in [0.05, 0.1) is 16.8 Å². The van der Waals surface area contributed by atoms with Crippen LogP contribution >= 0.6 is 11.3 Å². The number of nitrogens with zero attached hydrogens (tertiary/aromatic N) is 1. The highest BCUT2D eigenvalue weighted by molar-refractivity contribution is 7.09. The lowest BCUT2D eigenvalue weighted by Gasteiger charge is -2.19. The molecule has 0 aliphatic rings. The summed E-state index contributed by atoms with van der Waals surface area (Å²) in [5.74, 6) is 0. The monoisotopic (exact) mass is 228 g/mol. The fourth-order valence-electron chi connectivity index (χ4n) is 1.67. The van der Waals surface area contributed by atoms with E-state index in [4.69, 9.17) is 0 Å². The Morgan fingerprint density at radius 3 is 2.60 bits per heavy atom. The molecule has 3 nitrogen and oxygen atoms in total. The first-order valence-corrected chi connectivity index (χ1v) is 6.23. The molecule has 0 bridgehead atoms. The van der Waals surface area contributed by atoms with Crippen LogP contribution in [0.5, 0.6) is 0 Å². The van der Waals surface area contributed by atoms with Crippen molar-refractivity contribution >= 4 is 11.3 Å². The average molecular weight is 228 g/mol. The van der Waals surface area contributed by atoms with Crippen LogP contribution < -0.4 is 5.32 Å². The second-order valence-corrected chi connectivity index (χ2v) is 5.23. The quantitative estimate of drug-likeness (QED) is 0.812. The maximum absolute atomic E-state index is 9.26. The number of hydrogen-bond acceptors (Lipinski definition) is 4. The summed E-state index contributed by atoms with van der Waals surface area (Å²) in [7, 11) is 0. The first-order chi connectivity index (χ1) is 6.99. The van der Waals surface area contributed by atoms with Crippen molar-refractivity contribution in [2.45, 2.75) is 52.3 Å². The van der Waals surface area contributed by atoms with Crippen molar-refractivity contribution in [2.75, 3.05) is 0 Å². The van der Waals surface area contributed by atoms with E-state index in [0.717, 1.165) is 17.1 Å². The van der Waals surface area contributed by atoms with Gasteiger partial charge in [0.2, 0.25) is 0 Å². The lowest BCUT2D eigenvalue weighted by Crippen LogP contribution is -2.31. The van der Waals surface area contributed by atoms with Crippen molar-refractivity contribution < 1.29 is 5.11 Å². The largest absolute Gasteiger partial charge is 0.393 e. The van der Waals surface area contributed by atoms with Crippen LogP contribution in [0.15, 0.2) is 5.38 Å². The van der Waals surface area contributed by atoms with Gasteiger partial charge in [-0.25, -0.2) is 4.98 Å². The van der Waals surface area contributed by atoms with Crippen molar-refractivity contribution in [1.29, 1.82) is 0 Å². The van der Waals surface area contributed by atoms with E-state index >= 15 is 0 Å². The second kappa shape index (κ2) is 5.58. The Labute approximate surface area is 95.6 Å². The number of thiazole rings is 1.